The molecule has 1 N–H and O–H groups in total. The van der Waals surface area contributed by atoms with Gasteiger partial charge in [-0.25, -0.2) is 4.79 Å². The Hall–Kier alpha value is -1.46. The van der Waals surface area contributed by atoms with E-state index in [-0.39, 0.29) is 6.03 Å². The van der Waals surface area contributed by atoms with Crippen LogP contribution in [0.4, 0.5) is 16.2 Å². The van der Waals surface area contributed by atoms with E-state index in [0.29, 0.717) is 17.1 Å². The van der Waals surface area contributed by atoms with E-state index in [2.05, 4.69) is 17.3 Å². The van der Waals surface area contributed by atoms with E-state index in [0.717, 1.165) is 30.9 Å². The van der Waals surface area contributed by atoms with Gasteiger partial charge in [0, 0.05) is 39.3 Å². The monoisotopic (exact) mass is 336 g/mol. The Bertz CT molecular complexity index is 592. The average Bonchev–Trinajstić information content (AvgIpc) is 2.71. The number of carbonyl (C=O) groups is 1. The highest BCUT2D eigenvalue weighted by Gasteiger charge is 2.36. The number of para-hydroxylation sites is 1. The van der Waals surface area contributed by atoms with Crippen molar-refractivity contribution in [3.05, 3.63) is 23.2 Å². The van der Waals surface area contributed by atoms with Crippen molar-refractivity contribution < 1.29 is 4.79 Å². The van der Waals surface area contributed by atoms with Crippen LogP contribution in [0.25, 0.3) is 0 Å². The van der Waals surface area contributed by atoms with E-state index < -0.39 is 0 Å². The normalized spacial score (nSPS) is 24.4. The molecule has 6 heteroatoms. The van der Waals surface area contributed by atoms with Crippen LogP contribution in [0, 0.1) is 0 Å². The number of likely N-dealkylation sites (tertiary alicyclic amines) is 1. The van der Waals surface area contributed by atoms with E-state index in [4.69, 9.17) is 11.6 Å². The lowest BCUT2D eigenvalue weighted by atomic mass is 10.1. The lowest BCUT2D eigenvalue weighted by Gasteiger charge is -2.27. The van der Waals surface area contributed by atoms with Gasteiger partial charge < -0.3 is 15.1 Å². The summed E-state index contributed by atoms with van der Waals surface area (Å²) in [5.74, 6) is 0. The molecule has 0 aliphatic carbocycles. The van der Waals surface area contributed by atoms with Crippen LogP contribution in [0.3, 0.4) is 0 Å². The third-order valence-electron chi connectivity index (χ3n) is 5.11. The van der Waals surface area contributed by atoms with Crippen LogP contribution in [0.15, 0.2) is 18.2 Å². The van der Waals surface area contributed by atoms with Crippen LogP contribution in [-0.4, -0.2) is 62.1 Å². The van der Waals surface area contributed by atoms with Gasteiger partial charge in [-0.15, -0.1) is 0 Å². The quantitative estimate of drug-likeness (QED) is 0.902. The lowest BCUT2D eigenvalue weighted by molar-refractivity contribution is 0.200. The molecule has 2 amide bonds. The van der Waals surface area contributed by atoms with Gasteiger partial charge >= 0.3 is 6.03 Å². The van der Waals surface area contributed by atoms with Gasteiger partial charge in [-0.2, -0.15) is 0 Å². The third kappa shape index (κ3) is 3.26. The van der Waals surface area contributed by atoms with Gasteiger partial charge in [-0.05, 0) is 38.4 Å². The number of nitrogens with one attached hydrogen (secondary N) is 1. The number of hydrogen-bond acceptors (Lipinski definition) is 3. The minimum absolute atomic E-state index is 0.0312. The molecule has 2 bridgehead atoms. The number of hydrogen-bond donors (Lipinski definition) is 1. The first kappa shape index (κ1) is 16.4. The molecule has 1 aromatic carbocycles. The minimum Gasteiger partial charge on any atom is -0.375 e. The van der Waals surface area contributed by atoms with E-state index in [1.807, 2.05) is 42.1 Å². The average molecular weight is 337 g/mol. The Morgan fingerprint density at radius 2 is 2.00 bits per heavy atom. The summed E-state index contributed by atoms with van der Waals surface area (Å²) in [6.45, 7) is 1.62. The van der Waals surface area contributed by atoms with E-state index in [1.54, 1.807) is 0 Å². The van der Waals surface area contributed by atoms with Crippen molar-refractivity contribution in [1.29, 1.82) is 0 Å². The number of benzene rings is 1. The van der Waals surface area contributed by atoms with Gasteiger partial charge in [-0.3, -0.25) is 4.90 Å². The zero-order valence-electron chi connectivity index (χ0n) is 14.1. The highest BCUT2D eigenvalue weighted by molar-refractivity contribution is 6.34. The molecule has 2 aliphatic rings. The van der Waals surface area contributed by atoms with Gasteiger partial charge in [0.2, 0.25) is 0 Å². The first-order chi connectivity index (χ1) is 11.0. The van der Waals surface area contributed by atoms with Crippen LogP contribution in [0.2, 0.25) is 5.02 Å². The fourth-order valence-corrected chi connectivity index (χ4v) is 4.10. The van der Waals surface area contributed by atoms with Crippen LogP contribution in [-0.2, 0) is 0 Å². The van der Waals surface area contributed by atoms with Gasteiger partial charge in [0.25, 0.3) is 0 Å². The Kier molecular flexibility index (Phi) is 4.69. The number of urea groups is 1. The summed E-state index contributed by atoms with van der Waals surface area (Å²) < 4.78 is 0. The van der Waals surface area contributed by atoms with Crippen LogP contribution in [0.5, 0.6) is 0 Å². The standard InChI is InChI=1S/C17H25ClN4O/c1-20(2)16-14(18)5-4-6-15(16)19-17(23)22-10-9-12-7-8-13(11-22)21(12)3/h4-6,12-13H,7-11H2,1-3H3,(H,19,23). The third-order valence-corrected chi connectivity index (χ3v) is 5.42. The smallest absolute Gasteiger partial charge is 0.321 e. The summed E-state index contributed by atoms with van der Waals surface area (Å²) in [5, 5.41) is 3.69. The predicted octanol–water partition coefficient (Wildman–Crippen LogP) is 3.11. The molecule has 23 heavy (non-hydrogen) atoms. The van der Waals surface area contributed by atoms with E-state index in [1.165, 1.54) is 12.8 Å². The fraction of sp³-hybridized carbons (Fsp3) is 0.588. The maximum absolute atomic E-state index is 12.7. The molecule has 2 fully saturated rings. The molecule has 3 rings (SSSR count). The molecule has 2 aliphatic heterocycles. The van der Waals surface area contributed by atoms with Gasteiger partial charge in [0.1, 0.15) is 0 Å². The summed E-state index contributed by atoms with van der Waals surface area (Å²) in [6.07, 6.45) is 3.50. The van der Waals surface area contributed by atoms with Crippen molar-refractivity contribution in [2.45, 2.75) is 31.3 Å². The Balaban J connectivity index is 1.74. The van der Waals surface area contributed by atoms with Crippen molar-refractivity contribution in [2.24, 2.45) is 0 Å². The zero-order valence-corrected chi connectivity index (χ0v) is 14.8. The zero-order chi connectivity index (χ0) is 16.6. The SMILES string of the molecule is CN(C)c1c(Cl)cccc1NC(=O)N1CCC2CCC(C1)N2C. The second-order valence-electron chi connectivity index (χ2n) is 6.75. The molecule has 2 unspecified atom stereocenters. The summed E-state index contributed by atoms with van der Waals surface area (Å²) in [4.78, 5) is 19.0. The topological polar surface area (TPSA) is 38.8 Å². The first-order valence-corrected chi connectivity index (χ1v) is 8.59. The number of anilines is 2. The number of fused-ring (bicyclic) bond motifs is 2. The van der Waals surface area contributed by atoms with Crippen LogP contribution in [0.1, 0.15) is 19.3 Å². The number of halogens is 1. The number of amides is 2. The molecule has 0 saturated carbocycles. The molecule has 2 saturated heterocycles. The largest absolute Gasteiger partial charge is 0.375 e. The van der Waals surface area contributed by atoms with Crippen molar-refractivity contribution in [3.63, 3.8) is 0 Å². The number of carbonyl (C=O) groups excluding carboxylic acids is 1. The molecule has 5 nitrogen and oxygen atoms in total. The predicted molar refractivity (Wildman–Crippen MR) is 95.6 cm³/mol. The molecule has 126 valence electrons. The Morgan fingerprint density at radius 1 is 1.26 bits per heavy atom. The first-order valence-electron chi connectivity index (χ1n) is 8.21. The Morgan fingerprint density at radius 3 is 2.74 bits per heavy atom. The van der Waals surface area contributed by atoms with Gasteiger partial charge in [-0.1, -0.05) is 17.7 Å². The van der Waals surface area contributed by atoms with Gasteiger partial charge in [0.05, 0.1) is 16.4 Å². The van der Waals surface area contributed by atoms with Crippen LogP contribution >= 0.6 is 11.6 Å². The Labute approximate surface area is 143 Å². The molecular formula is C17H25ClN4O. The van der Waals surface area contributed by atoms with Crippen molar-refractivity contribution in [3.8, 4) is 0 Å². The molecule has 2 atom stereocenters. The van der Waals surface area contributed by atoms with E-state index >= 15 is 0 Å². The second-order valence-corrected chi connectivity index (χ2v) is 7.15. The van der Waals surface area contributed by atoms with Crippen molar-refractivity contribution in [2.75, 3.05) is 44.4 Å². The molecule has 0 spiro atoms. The molecule has 0 radical (unpaired) electrons. The highest BCUT2D eigenvalue weighted by atomic mass is 35.5. The maximum Gasteiger partial charge on any atom is 0.321 e. The highest BCUT2D eigenvalue weighted by Crippen LogP contribution is 2.33. The second kappa shape index (κ2) is 6.57. The number of nitrogens with zero attached hydrogens (tertiary/aromatic N) is 3. The molecule has 1 aromatic rings. The summed E-state index contributed by atoms with van der Waals surface area (Å²) in [5.41, 5.74) is 1.60. The van der Waals surface area contributed by atoms with Gasteiger partial charge in [0.15, 0.2) is 0 Å². The number of rotatable bonds is 2. The van der Waals surface area contributed by atoms with Crippen molar-refractivity contribution in [1.82, 2.24) is 9.80 Å². The maximum atomic E-state index is 12.7. The molecule has 0 aromatic heterocycles. The summed E-state index contributed by atoms with van der Waals surface area (Å²) >= 11 is 6.28. The van der Waals surface area contributed by atoms with Crippen molar-refractivity contribution >= 4 is 29.0 Å². The fourth-order valence-electron chi connectivity index (χ4n) is 3.76. The van der Waals surface area contributed by atoms with E-state index in [9.17, 15) is 4.79 Å². The van der Waals surface area contributed by atoms with Crippen LogP contribution < -0.4 is 10.2 Å². The summed E-state index contributed by atoms with van der Waals surface area (Å²) in [7, 11) is 6.04. The summed E-state index contributed by atoms with van der Waals surface area (Å²) in [6, 6.07) is 6.68. The minimum atomic E-state index is -0.0312. The molecular weight excluding hydrogens is 312 g/mol. The molecule has 2 heterocycles. The number of likely N-dealkylation sites (N-methyl/N-ethyl adjacent to an activating group) is 1. The lowest BCUT2D eigenvalue weighted by Crippen LogP contribution is -2.41.